The molecule has 0 aliphatic carbocycles. The maximum atomic E-state index is 12.3. The maximum absolute atomic E-state index is 12.3. The van der Waals surface area contributed by atoms with E-state index in [1.807, 2.05) is 0 Å². The van der Waals surface area contributed by atoms with Crippen LogP contribution in [0.2, 0.25) is 5.02 Å². The number of hydrogen-bond donors (Lipinski definition) is 1. The topological polar surface area (TPSA) is 111 Å². The summed E-state index contributed by atoms with van der Waals surface area (Å²) < 4.78 is 25.5. The van der Waals surface area contributed by atoms with Crippen molar-refractivity contribution in [3.05, 3.63) is 22.7 Å². The number of rotatable bonds is 4. The molecule has 1 aromatic carbocycles. The highest BCUT2D eigenvalue weighted by Gasteiger charge is 2.27. The van der Waals surface area contributed by atoms with Crippen LogP contribution in [0.3, 0.4) is 0 Å². The Hall–Kier alpha value is -1.80. The third kappa shape index (κ3) is 3.15. The second-order valence-corrected chi connectivity index (χ2v) is 6.05. The van der Waals surface area contributed by atoms with Gasteiger partial charge in [0.15, 0.2) is 0 Å². The number of nitrogens with two attached hydrogens (primary N) is 1. The Kier molecular flexibility index (Phi) is 4.73. The Bertz CT molecular complexity index is 657. The van der Waals surface area contributed by atoms with Crippen molar-refractivity contribution in [3.63, 3.8) is 0 Å². The molecule has 0 bridgehead atoms. The zero-order valence-corrected chi connectivity index (χ0v) is 11.7. The Morgan fingerprint density at radius 3 is 2.32 bits per heavy atom. The van der Waals surface area contributed by atoms with Gasteiger partial charge in [-0.25, -0.2) is 8.42 Å². The van der Waals surface area contributed by atoms with Gasteiger partial charge in [0.05, 0.1) is 17.0 Å². The van der Waals surface area contributed by atoms with Crippen molar-refractivity contribution in [1.82, 2.24) is 4.31 Å². The SMILES string of the molecule is Cc1c(N)cc(Cl)cc1S(=O)(=O)N(CC#N)CC#N. The van der Waals surface area contributed by atoms with E-state index in [0.717, 1.165) is 4.31 Å². The molecule has 6 nitrogen and oxygen atoms in total. The van der Waals surface area contributed by atoms with Crippen molar-refractivity contribution in [2.45, 2.75) is 11.8 Å². The lowest BCUT2D eigenvalue weighted by Gasteiger charge is -2.18. The molecule has 0 radical (unpaired) electrons. The fraction of sp³-hybridized carbons (Fsp3) is 0.273. The lowest BCUT2D eigenvalue weighted by molar-refractivity contribution is 0.479. The minimum absolute atomic E-state index is 0.0944. The van der Waals surface area contributed by atoms with Crippen LogP contribution in [0.1, 0.15) is 5.56 Å². The molecule has 0 aromatic heterocycles. The average molecular weight is 299 g/mol. The van der Waals surface area contributed by atoms with E-state index in [4.69, 9.17) is 27.9 Å². The zero-order chi connectivity index (χ0) is 14.6. The summed E-state index contributed by atoms with van der Waals surface area (Å²) in [7, 11) is -3.98. The van der Waals surface area contributed by atoms with Crippen molar-refractivity contribution in [2.24, 2.45) is 0 Å². The van der Waals surface area contributed by atoms with E-state index >= 15 is 0 Å². The van der Waals surface area contributed by atoms with Crippen LogP contribution in [0.15, 0.2) is 17.0 Å². The number of nitrogen functional groups attached to an aromatic ring is 1. The number of nitriles is 2. The number of nitrogens with zero attached hydrogens (tertiary/aromatic N) is 3. The first kappa shape index (κ1) is 15.3. The van der Waals surface area contributed by atoms with Gasteiger partial charge >= 0.3 is 0 Å². The predicted molar refractivity (Wildman–Crippen MR) is 70.6 cm³/mol. The summed E-state index contributed by atoms with van der Waals surface area (Å²) in [6.07, 6.45) is 0. The lowest BCUT2D eigenvalue weighted by Crippen LogP contribution is -2.32. The second-order valence-electron chi connectivity index (χ2n) is 3.71. The van der Waals surface area contributed by atoms with Crippen molar-refractivity contribution in [1.29, 1.82) is 10.5 Å². The number of hydrogen-bond acceptors (Lipinski definition) is 5. The van der Waals surface area contributed by atoms with E-state index in [9.17, 15) is 8.42 Å². The fourth-order valence-electron chi connectivity index (χ4n) is 1.46. The summed E-state index contributed by atoms with van der Waals surface area (Å²) in [6.45, 7) is 0.707. The minimum Gasteiger partial charge on any atom is -0.398 e. The van der Waals surface area contributed by atoms with Crippen molar-refractivity contribution in [3.8, 4) is 12.1 Å². The highest BCUT2D eigenvalue weighted by atomic mass is 35.5. The standard InChI is InChI=1S/C11H11ClN4O2S/c1-8-10(15)6-9(12)7-11(8)19(17,18)16(4-2-13)5-3-14/h6-7H,4-5,15H2,1H3. The van der Waals surface area contributed by atoms with Crippen molar-refractivity contribution in [2.75, 3.05) is 18.8 Å². The molecule has 0 fully saturated rings. The molecular weight excluding hydrogens is 288 g/mol. The molecular formula is C11H11ClN4O2S. The molecule has 0 amide bonds. The molecule has 0 unspecified atom stereocenters. The van der Waals surface area contributed by atoms with Gasteiger partial charge in [-0.2, -0.15) is 14.8 Å². The van der Waals surface area contributed by atoms with E-state index in [-0.39, 0.29) is 15.6 Å². The van der Waals surface area contributed by atoms with Crippen LogP contribution in [0.4, 0.5) is 5.69 Å². The monoisotopic (exact) mass is 298 g/mol. The van der Waals surface area contributed by atoms with Gasteiger partial charge in [0.1, 0.15) is 13.1 Å². The summed E-state index contributed by atoms with van der Waals surface area (Å²) in [6, 6.07) is 6.11. The zero-order valence-electron chi connectivity index (χ0n) is 10.1. The van der Waals surface area contributed by atoms with Gasteiger partial charge in [0, 0.05) is 10.7 Å². The Balaban J connectivity index is 3.43. The highest BCUT2D eigenvalue weighted by Crippen LogP contribution is 2.28. The summed E-state index contributed by atoms with van der Waals surface area (Å²) in [5, 5.41) is 17.4. The van der Waals surface area contributed by atoms with Crippen molar-refractivity contribution >= 4 is 27.3 Å². The molecule has 0 atom stereocenters. The Morgan fingerprint density at radius 2 is 1.84 bits per heavy atom. The summed E-state index contributed by atoms with van der Waals surface area (Å²) in [4.78, 5) is -0.0944. The van der Waals surface area contributed by atoms with Crippen LogP contribution < -0.4 is 5.73 Å². The lowest BCUT2D eigenvalue weighted by atomic mass is 10.2. The van der Waals surface area contributed by atoms with Gasteiger partial charge in [-0.15, -0.1) is 0 Å². The molecule has 0 heterocycles. The van der Waals surface area contributed by atoms with Crippen molar-refractivity contribution < 1.29 is 8.42 Å². The van der Waals surface area contributed by atoms with Gasteiger partial charge in [-0.3, -0.25) is 0 Å². The van der Waals surface area contributed by atoms with Gasteiger partial charge in [-0.1, -0.05) is 11.6 Å². The molecule has 100 valence electrons. The molecule has 0 aliphatic rings. The van der Waals surface area contributed by atoms with E-state index in [1.165, 1.54) is 19.1 Å². The summed E-state index contributed by atoms with van der Waals surface area (Å²) >= 11 is 5.79. The largest absolute Gasteiger partial charge is 0.398 e. The average Bonchev–Trinajstić information content (AvgIpc) is 2.33. The third-order valence-electron chi connectivity index (χ3n) is 2.48. The van der Waals surface area contributed by atoms with Crippen LogP contribution in [-0.4, -0.2) is 25.8 Å². The number of anilines is 1. The van der Waals surface area contributed by atoms with E-state index < -0.39 is 23.1 Å². The molecule has 0 saturated carbocycles. The van der Waals surface area contributed by atoms with E-state index in [0.29, 0.717) is 5.56 Å². The smallest absolute Gasteiger partial charge is 0.245 e. The Morgan fingerprint density at radius 1 is 1.32 bits per heavy atom. The van der Waals surface area contributed by atoms with Crippen LogP contribution in [0, 0.1) is 29.6 Å². The minimum atomic E-state index is -3.98. The molecule has 0 spiro atoms. The molecule has 19 heavy (non-hydrogen) atoms. The fourth-order valence-corrected chi connectivity index (χ4v) is 3.27. The van der Waals surface area contributed by atoms with Crippen LogP contribution >= 0.6 is 11.6 Å². The summed E-state index contributed by atoms with van der Waals surface area (Å²) in [5.41, 5.74) is 6.24. The van der Waals surface area contributed by atoms with Crippen LogP contribution in [-0.2, 0) is 10.0 Å². The van der Waals surface area contributed by atoms with Crippen LogP contribution in [0.25, 0.3) is 0 Å². The third-order valence-corrected chi connectivity index (χ3v) is 4.61. The van der Waals surface area contributed by atoms with Crippen LogP contribution in [0.5, 0.6) is 0 Å². The van der Waals surface area contributed by atoms with Gasteiger partial charge in [0.2, 0.25) is 10.0 Å². The first-order valence-corrected chi connectivity index (χ1v) is 6.96. The maximum Gasteiger partial charge on any atom is 0.245 e. The quantitative estimate of drug-likeness (QED) is 0.664. The number of benzene rings is 1. The predicted octanol–water partition coefficient (Wildman–Crippen LogP) is 1.27. The molecule has 0 aliphatic heterocycles. The number of sulfonamides is 1. The molecule has 1 rings (SSSR count). The summed E-state index contributed by atoms with van der Waals surface area (Å²) in [5.74, 6) is 0. The molecule has 8 heteroatoms. The van der Waals surface area contributed by atoms with Gasteiger partial charge in [-0.05, 0) is 24.6 Å². The molecule has 2 N–H and O–H groups in total. The number of halogens is 1. The van der Waals surface area contributed by atoms with Gasteiger partial charge < -0.3 is 5.73 Å². The van der Waals surface area contributed by atoms with E-state index in [1.54, 1.807) is 12.1 Å². The normalized spacial score (nSPS) is 11.0. The van der Waals surface area contributed by atoms with Gasteiger partial charge in [0.25, 0.3) is 0 Å². The molecule has 1 aromatic rings. The second kappa shape index (κ2) is 5.89. The Labute approximate surface area is 116 Å². The molecule has 0 saturated heterocycles. The highest BCUT2D eigenvalue weighted by molar-refractivity contribution is 7.89. The first-order chi connectivity index (χ1) is 8.84. The first-order valence-electron chi connectivity index (χ1n) is 5.14. The van der Waals surface area contributed by atoms with E-state index in [2.05, 4.69) is 0 Å².